The third kappa shape index (κ3) is 3.47. The van der Waals surface area contributed by atoms with Crippen LogP contribution in [0.1, 0.15) is 37.4 Å². The highest BCUT2D eigenvalue weighted by atomic mass is 16.3. The molecule has 0 bridgehead atoms. The Balaban J connectivity index is 2.01. The van der Waals surface area contributed by atoms with Crippen LogP contribution < -0.4 is 5.32 Å². The molecule has 1 aliphatic rings. The average Bonchev–Trinajstić information content (AvgIpc) is 3.02. The van der Waals surface area contributed by atoms with Gasteiger partial charge in [-0.25, -0.2) is 0 Å². The van der Waals surface area contributed by atoms with Crippen molar-refractivity contribution in [1.29, 1.82) is 0 Å². The topological polar surface area (TPSA) is 69.6 Å². The molecular weight excluding hydrogens is 280 g/mol. The van der Waals surface area contributed by atoms with Crippen LogP contribution >= 0.6 is 0 Å². The molecule has 1 unspecified atom stereocenters. The van der Waals surface area contributed by atoms with Gasteiger partial charge in [0, 0.05) is 20.6 Å². The third-order valence-corrected chi connectivity index (χ3v) is 4.39. The number of nitrogens with one attached hydrogen (secondary N) is 1. The largest absolute Gasteiger partial charge is 0.378 e. The fourth-order valence-electron chi connectivity index (χ4n) is 3.13. The SMILES string of the molecule is CN(C)C(=O)C1(CNC(=O)C(O)c2ccccc2)CCCC1. The predicted octanol–water partition coefficient (Wildman–Crippen LogP) is 1.48. The second-order valence-electron chi connectivity index (χ2n) is 6.22. The summed E-state index contributed by atoms with van der Waals surface area (Å²) in [7, 11) is 3.48. The summed E-state index contributed by atoms with van der Waals surface area (Å²) in [6.45, 7) is 0.284. The minimum absolute atomic E-state index is 0.0551. The first-order valence-corrected chi connectivity index (χ1v) is 7.69. The van der Waals surface area contributed by atoms with E-state index in [0.29, 0.717) is 5.56 Å². The van der Waals surface area contributed by atoms with Gasteiger partial charge in [-0.05, 0) is 18.4 Å². The van der Waals surface area contributed by atoms with Crippen LogP contribution in [0.3, 0.4) is 0 Å². The Hall–Kier alpha value is -1.88. The second-order valence-corrected chi connectivity index (χ2v) is 6.22. The zero-order chi connectivity index (χ0) is 16.2. The van der Waals surface area contributed by atoms with Crippen molar-refractivity contribution < 1.29 is 14.7 Å². The monoisotopic (exact) mass is 304 g/mol. The van der Waals surface area contributed by atoms with E-state index in [1.807, 2.05) is 6.07 Å². The summed E-state index contributed by atoms with van der Waals surface area (Å²) in [4.78, 5) is 26.2. The van der Waals surface area contributed by atoms with Crippen LogP contribution in [-0.2, 0) is 9.59 Å². The van der Waals surface area contributed by atoms with Gasteiger partial charge in [0.2, 0.25) is 5.91 Å². The molecule has 0 heterocycles. The van der Waals surface area contributed by atoms with E-state index >= 15 is 0 Å². The van der Waals surface area contributed by atoms with Gasteiger partial charge in [-0.3, -0.25) is 9.59 Å². The van der Waals surface area contributed by atoms with Crippen molar-refractivity contribution in [1.82, 2.24) is 10.2 Å². The summed E-state index contributed by atoms with van der Waals surface area (Å²) < 4.78 is 0. The van der Waals surface area contributed by atoms with Gasteiger partial charge in [-0.15, -0.1) is 0 Å². The Labute approximate surface area is 131 Å². The van der Waals surface area contributed by atoms with Crippen LogP contribution in [0, 0.1) is 5.41 Å². The zero-order valence-corrected chi connectivity index (χ0v) is 13.2. The predicted molar refractivity (Wildman–Crippen MR) is 84.0 cm³/mol. The Morgan fingerprint density at radius 3 is 2.36 bits per heavy atom. The molecule has 5 heteroatoms. The van der Waals surface area contributed by atoms with Crippen molar-refractivity contribution in [3.05, 3.63) is 35.9 Å². The van der Waals surface area contributed by atoms with Gasteiger partial charge in [0.15, 0.2) is 6.10 Å². The van der Waals surface area contributed by atoms with E-state index in [2.05, 4.69) is 5.32 Å². The summed E-state index contributed by atoms with van der Waals surface area (Å²) >= 11 is 0. The quantitative estimate of drug-likeness (QED) is 0.866. The van der Waals surface area contributed by atoms with Crippen LogP contribution in [0.2, 0.25) is 0 Å². The number of aliphatic hydroxyl groups excluding tert-OH is 1. The lowest BCUT2D eigenvalue weighted by atomic mass is 9.84. The van der Waals surface area contributed by atoms with E-state index in [-0.39, 0.29) is 12.5 Å². The van der Waals surface area contributed by atoms with Crippen molar-refractivity contribution in [2.45, 2.75) is 31.8 Å². The highest BCUT2D eigenvalue weighted by molar-refractivity contribution is 5.85. The molecule has 0 aliphatic heterocycles. The molecule has 2 rings (SSSR count). The van der Waals surface area contributed by atoms with Crippen LogP contribution in [0.5, 0.6) is 0 Å². The second kappa shape index (κ2) is 6.92. The summed E-state index contributed by atoms with van der Waals surface area (Å²) in [6, 6.07) is 8.80. The van der Waals surface area contributed by atoms with Gasteiger partial charge in [-0.2, -0.15) is 0 Å². The van der Waals surface area contributed by atoms with Crippen LogP contribution in [0.4, 0.5) is 0 Å². The molecule has 1 aromatic rings. The molecule has 0 aromatic heterocycles. The fourth-order valence-corrected chi connectivity index (χ4v) is 3.13. The van der Waals surface area contributed by atoms with Crippen molar-refractivity contribution >= 4 is 11.8 Å². The molecule has 1 saturated carbocycles. The van der Waals surface area contributed by atoms with Gasteiger partial charge in [0.25, 0.3) is 5.91 Å². The molecule has 1 fully saturated rings. The number of rotatable bonds is 5. The summed E-state index contributed by atoms with van der Waals surface area (Å²) in [5.41, 5.74) is 0.0367. The number of aliphatic hydroxyl groups is 1. The van der Waals surface area contributed by atoms with E-state index < -0.39 is 17.4 Å². The number of carbonyl (C=O) groups excluding carboxylic acids is 2. The molecule has 120 valence electrons. The Morgan fingerprint density at radius 1 is 1.23 bits per heavy atom. The average molecular weight is 304 g/mol. The first kappa shape index (κ1) is 16.5. The molecular formula is C17H24N2O3. The maximum absolute atomic E-state index is 12.4. The van der Waals surface area contributed by atoms with Crippen molar-refractivity contribution in [2.75, 3.05) is 20.6 Å². The molecule has 22 heavy (non-hydrogen) atoms. The van der Waals surface area contributed by atoms with Crippen molar-refractivity contribution in [3.63, 3.8) is 0 Å². The van der Waals surface area contributed by atoms with Gasteiger partial charge < -0.3 is 15.3 Å². The van der Waals surface area contributed by atoms with Gasteiger partial charge in [-0.1, -0.05) is 43.2 Å². The summed E-state index contributed by atoms with van der Waals surface area (Å²) in [5, 5.41) is 12.9. The minimum Gasteiger partial charge on any atom is -0.378 e. The molecule has 0 spiro atoms. The molecule has 2 amide bonds. The first-order valence-electron chi connectivity index (χ1n) is 7.69. The Morgan fingerprint density at radius 2 is 1.82 bits per heavy atom. The summed E-state index contributed by atoms with van der Waals surface area (Å²) in [6.07, 6.45) is 2.36. The van der Waals surface area contributed by atoms with E-state index in [9.17, 15) is 14.7 Å². The molecule has 1 atom stereocenters. The maximum atomic E-state index is 12.4. The molecule has 0 saturated heterocycles. The van der Waals surface area contributed by atoms with Gasteiger partial charge >= 0.3 is 0 Å². The molecule has 0 radical (unpaired) electrons. The van der Waals surface area contributed by atoms with Crippen molar-refractivity contribution in [3.8, 4) is 0 Å². The normalized spacial score (nSPS) is 17.8. The molecule has 1 aromatic carbocycles. The molecule has 1 aliphatic carbocycles. The van der Waals surface area contributed by atoms with Crippen LogP contribution in [0.25, 0.3) is 0 Å². The lowest BCUT2D eigenvalue weighted by Crippen LogP contribution is -2.47. The zero-order valence-electron chi connectivity index (χ0n) is 13.2. The molecule has 5 nitrogen and oxygen atoms in total. The summed E-state index contributed by atoms with van der Waals surface area (Å²) in [5.74, 6) is -0.400. The van der Waals surface area contributed by atoms with E-state index in [1.165, 1.54) is 0 Å². The highest BCUT2D eigenvalue weighted by Gasteiger charge is 2.42. The smallest absolute Gasteiger partial charge is 0.253 e. The lowest BCUT2D eigenvalue weighted by molar-refractivity contribution is -0.140. The number of benzene rings is 1. The Bertz CT molecular complexity index is 522. The maximum Gasteiger partial charge on any atom is 0.253 e. The lowest BCUT2D eigenvalue weighted by Gasteiger charge is -2.31. The van der Waals surface area contributed by atoms with Crippen molar-refractivity contribution in [2.24, 2.45) is 5.41 Å². The standard InChI is InChI=1S/C17H24N2O3/c1-19(2)16(22)17(10-6-7-11-17)12-18-15(21)14(20)13-8-4-3-5-9-13/h3-5,8-9,14,20H,6-7,10-12H2,1-2H3,(H,18,21). The van der Waals surface area contributed by atoms with Crippen LogP contribution in [0.15, 0.2) is 30.3 Å². The fraction of sp³-hybridized carbons (Fsp3) is 0.529. The molecule has 2 N–H and O–H groups in total. The number of carbonyl (C=O) groups is 2. The van der Waals surface area contributed by atoms with Crippen LogP contribution in [-0.4, -0.2) is 42.5 Å². The van der Waals surface area contributed by atoms with E-state index in [1.54, 1.807) is 43.3 Å². The first-order chi connectivity index (χ1) is 10.5. The number of hydrogen-bond donors (Lipinski definition) is 2. The number of hydrogen-bond acceptors (Lipinski definition) is 3. The number of nitrogens with zero attached hydrogens (tertiary/aromatic N) is 1. The van der Waals surface area contributed by atoms with E-state index in [0.717, 1.165) is 25.7 Å². The van der Waals surface area contributed by atoms with Gasteiger partial charge in [0.1, 0.15) is 0 Å². The van der Waals surface area contributed by atoms with Gasteiger partial charge in [0.05, 0.1) is 5.41 Å². The van der Waals surface area contributed by atoms with E-state index in [4.69, 9.17) is 0 Å². The Kier molecular flexibility index (Phi) is 5.19. The third-order valence-electron chi connectivity index (χ3n) is 4.39. The minimum atomic E-state index is -1.20. The number of amides is 2. The highest BCUT2D eigenvalue weighted by Crippen LogP contribution is 2.39.